The molecular weight excluding hydrogens is 288 g/mol. The molecular formula is C19H18N2O2. The van der Waals surface area contributed by atoms with E-state index in [0.717, 1.165) is 22.5 Å². The second-order valence-corrected chi connectivity index (χ2v) is 5.38. The number of carboxylic acid groups (broad SMARTS) is 1. The molecule has 3 rings (SSSR count). The highest BCUT2D eigenvalue weighted by molar-refractivity contribution is 5.67. The van der Waals surface area contributed by atoms with Crippen molar-refractivity contribution in [2.24, 2.45) is 0 Å². The standard InChI is InChI=1S/C19H18N2O2/c22-19(23)13-7-12-18-17(15-8-3-1-4-9-15)14-21(20-18)16-10-5-2-6-11-16/h1-6,8-11,14H,7,12-13H2,(H,22,23). The summed E-state index contributed by atoms with van der Waals surface area (Å²) < 4.78 is 1.86. The van der Waals surface area contributed by atoms with Crippen molar-refractivity contribution in [3.05, 3.63) is 72.6 Å². The number of rotatable bonds is 6. The van der Waals surface area contributed by atoms with E-state index in [9.17, 15) is 4.79 Å². The van der Waals surface area contributed by atoms with Gasteiger partial charge in [0.1, 0.15) is 0 Å². The Balaban J connectivity index is 1.95. The Morgan fingerprint density at radius 1 is 1.00 bits per heavy atom. The van der Waals surface area contributed by atoms with Gasteiger partial charge in [0.05, 0.1) is 11.4 Å². The summed E-state index contributed by atoms with van der Waals surface area (Å²) in [6.07, 6.45) is 3.41. The molecule has 0 atom stereocenters. The number of carboxylic acids is 1. The highest BCUT2D eigenvalue weighted by atomic mass is 16.4. The zero-order valence-corrected chi connectivity index (χ0v) is 12.7. The van der Waals surface area contributed by atoms with Crippen molar-refractivity contribution in [3.63, 3.8) is 0 Å². The van der Waals surface area contributed by atoms with Gasteiger partial charge >= 0.3 is 5.97 Å². The number of aryl methyl sites for hydroxylation is 1. The molecule has 0 saturated heterocycles. The van der Waals surface area contributed by atoms with Crippen molar-refractivity contribution < 1.29 is 9.90 Å². The van der Waals surface area contributed by atoms with E-state index >= 15 is 0 Å². The highest BCUT2D eigenvalue weighted by Crippen LogP contribution is 2.25. The van der Waals surface area contributed by atoms with Gasteiger partial charge in [-0.1, -0.05) is 48.5 Å². The quantitative estimate of drug-likeness (QED) is 0.750. The normalized spacial score (nSPS) is 10.6. The maximum atomic E-state index is 10.7. The SMILES string of the molecule is O=C(O)CCCc1nn(-c2ccccc2)cc1-c1ccccc1. The molecule has 4 nitrogen and oxygen atoms in total. The van der Waals surface area contributed by atoms with E-state index in [1.807, 2.05) is 71.5 Å². The van der Waals surface area contributed by atoms with Gasteiger partial charge in [0.15, 0.2) is 0 Å². The smallest absolute Gasteiger partial charge is 0.303 e. The fourth-order valence-electron chi connectivity index (χ4n) is 2.57. The minimum atomic E-state index is -0.770. The summed E-state index contributed by atoms with van der Waals surface area (Å²) in [4.78, 5) is 10.7. The lowest BCUT2D eigenvalue weighted by Gasteiger charge is -2.01. The summed E-state index contributed by atoms with van der Waals surface area (Å²) in [5, 5.41) is 13.5. The van der Waals surface area contributed by atoms with Crippen molar-refractivity contribution in [2.75, 3.05) is 0 Å². The van der Waals surface area contributed by atoms with Crippen LogP contribution in [0.15, 0.2) is 66.9 Å². The molecule has 0 aliphatic heterocycles. The molecule has 3 aromatic rings. The molecule has 0 saturated carbocycles. The predicted molar refractivity (Wildman–Crippen MR) is 89.6 cm³/mol. The van der Waals surface area contributed by atoms with E-state index in [0.29, 0.717) is 12.8 Å². The summed E-state index contributed by atoms with van der Waals surface area (Å²) in [5.41, 5.74) is 4.08. The van der Waals surface area contributed by atoms with Gasteiger partial charge in [0.2, 0.25) is 0 Å². The average Bonchev–Trinajstić information content (AvgIpc) is 3.00. The lowest BCUT2D eigenvalue weighted by molar-refractivity contribution is -0.137. The summed E-state index contributed by atoms with van der Waals surface area (Å²) >= 11 is 0. The average molecular weight is 306 g/mol. The van der Waals surface area contributed by atoms with Crippen molar-refractivity contribution in [1.82, 2.24) is 9.78 Å². The van der Waals surface area contributed by atoms with Crippen LogP contribution in [0.1, 0.15) is 18.5 Å². The molecule has 0 fully saturated rings. The van der Waals surface area contributed by atoms with Crippen LogP contribution in [0.25, 0.3) is 16.8 Å². The maximum absolute atomic E-state index is 10.7. The molecule has 0 aliphatic rings. The summed E-state index contributed by atoms with van der Waals surface area (Å²) in [6.45, 7) is 0. The van der Waals surface area contributed by atoms with Crippen molar-refractivity contribution in [3.8, 4) is 16.8 Å². The number of para-hydroxylation sites is 1. The predicted octanol–water partition coefficient (Wildman–Crippen LogP) is 3.95. The Labute approximate surface area is 135 Å². The van der Waals surface area contributed by atoms with Crippen LogP contribution in [-0.4, -0.2) is 20.9 Å². The molecule has 0 amide bonds. The lowest BCUT2D eigenvalue weighted by atomic mass is 10.0. The minimum absolute atomic E-state index is 0.159. The first-order valence-corrected chi connectivity index (χ1v) is 7.65. The third kappa shape index (κ3) is 3.66. The van der Waals surface area contributed by atoms with Crippen LogP contribution in [-0.2, 0) is 11.2 Å². The summed E-state index contributed by atoms with van der Waals surface area (Å²) in [7, 11) is 0. The number of aromatic nitrogens is 2. The van der Waals surface area contributed by atoms with E-state index in [1.165, 1.54) is 0 Å². The fraction of sp³-hybridized carbons (Fsp3) is 0.158. The molecule has 1 heterocycles. The highest BCUT2D eigenvalue weighted by Gasteiger charge is 2.12. The first-order valence-electron chi connectivity index (χ1n) is 7.65. The second-order valence-electron chi connectivity index (χ2n) is 5.38. The molecule has 23 heavy (non-hydrogen) atoms. The molecule has 1 aromatic heterocycles. The van der Waals surface area contributed by atoms with E-state index < -0.39 is 5.97 Å². The first kappa shape index (κ1) is 15.0. The van der Waals surface area contributed by atoms with Gasteiger partial charge in [0, 0.05) is 18.2 Å². The van der Waals surface area contributed by atoms with Gasteiger partial charge in [-0.05, 0) is 30.5 Å². The fourth-order valence-corrected chi connectivity index (χ4v) is 2.57. The van der Waals surface area contributed by atoms with Gasteiger partial charge < -0.3 is 5.11 Å². The monoisotopic (exact) mass is 306 g/mol. The Morgan fingerprint density at radius 3 is 2.30 bits per heavy atom. The summed E-state index contributed by atoms with van der Waals surface area (Å²) in [5.74, 6) is -0.770. The topological polar surface area (TPSA) is 55.1 Å². The first-order chi connectivity index (χ1) is 11.2. The van der Waals surface area contributed by atoms with E-state index in [-0.39, 0.29) is 6.42 Å². The Kier molecular flexibility index (Phi) is 4.52. The largest absolute Gasteiger partial charge is 0.481 e. The third-order valence-corrected chi connectivity index (χ3v) is 3.70. The van der Waals surface area contributed by atoms with Crippen LogP contribution in [0.3, 0.4) is 0 Å². The zero-order valence-electron chi connectivity index (χ0n) is 12.7. The Morgan fingerprint density at radius 2 is 1.65 bits per heavy atom. The van der Waals surface area contributed by atoms with Crippen LogP contribution in [0, 0.1) is 0 Å². The molecule has 4 heteroatoms. The van der Waals surface area contributed by atoms with E-state index in [4.69, 9.17) is 5.11 Å². The lowest BCUT2D eigenvalue weighted by Crippen LogP contribution is -1.99. The minimum Gasteiger partial charge on any atom is -0.481 e. The zero-order chi connectivity index (χ0) is 16.1. The van der Waals surface area contributed by atoms with Gasteiger partial charge in [-0.25, -0.2) is 4.68 Å². The van der Waals surface area contributed by atoms with Crippen LogP contribution in [0.4, 0.5) is 0 Å². The molecule has 0 aliphatic carbocycles. The number of nitrogens with zero attached hydrogens (tertiary/aromatic N) is 2. The van der Waals surface area contributed by atoms with E-state index in [1.54, 1.807) is 0 Å². The van der Waals surface area contributed by atoms with Crippen molar-refractivity contribution in [1.29, 1.82) is 0 Å². The van der Waals surface area contributed by atoms with Gasteiger partial charge in [-0.3, -0.25) is 4.79 Å². The number of hydrogen-bond acceptors (Lipinski definition) is 2. The number of aliphatic carboxylic acids is 1. The maximum Gasteiger partial charge on any atom is 0.303 e. The van der Waals surface area contributed by atoms with Crippen LogP contribution in [0.5, 0.6) is 0 Å². The molecule has 0 radical (unpaired) electrons. The van der Waals surface area contributed by atoms with E-state index in [2.05, 4.69) is 5.10 Å². The molecule has 2 aromatic carbocycles. The Bertz CT molecular complexity index is 780. The van der Waals surface area contributed by atoms with Crippen molar-refractivity contribution in [2.45, 2.75) is 19.3 Å². The Hall–Kier alpha value is -2.88. The van der Waals surface area contributed by atoms with Gasteiger partial charge in [-0.15, -0.1) is 0 Å². The molecule has 0 bridgehead atoms. The third-order valence-electron chi connectivity index (χ3n) is 3.70. The number of benzene rings is 2. The van der Waals surface area contributed by atoms with Gasteiger partial charge in [0.25, 0.3) is 0 Å². The second kappa shape index (κ2) is 6.92. The van der Waals surface area contributed by atoms with Crippen molar-refractivity contribution >= 4 is 5.97 Å². The molecule has 116 valence electrons. The van der Waals surface area contributed by atoms with Crippen LogP contribution >= 0.6 is 0 Å². The molecule has 0 unspecified atom stereocenters. The van der Waals surface area contributed by atoms with Crippen LogP contribution < -0.4 is 0 Å². The number of hydrogen-bond donors (Lipinski definition) is 1. The molecule has 1 N–H and O–H groups in total. The van der Waals surface area contributed by atoms with Crippen LogP contribution in [0.2, 0.25) is 0 Å². The number of carbonyl (C=O) groups is 1. The summed E-state index contributed by atoms with van der Waals surface area (Å²) in [6, 6.07) is 20.0. The van der Waals surface area contributed by atoms with Gasteiger partial charge in [-0.2, -0.15) is 5.10 Å². The molecule has 0 spiro atoms.